The van der Waals surface area contributed by atoms with Crippen LogP contribution in [0.15, 0.2) is 24.3 Å². The quantitative estimate of drug-likeness (QED) is 0.512. The van der Waals surface area contributed by atoms with Crippen molar-refractivity contribution in [2.45, 2.75) is 26.3 Å². The van der Waals surface area contributed by atoms with E-state index in [9.17, 15) is 9.59 Å². The predicted molar refractivity (Wildman–Crippen MR) is 66.7 cm³/mol. The molecule has 4 nitrogen and oxygen atoms in total. The number of hydrogen-bond donors (Lipinski definition) is 1. The Bertz CT molecular complexity index is 410. The molecule has 0 radical (unpaired) electrons. The van der Waals surface area contributed by atoms with Crippen molar-refractivity contribution in [3.05, 3.63) is 35.4 Å². The van der Waals surface area contributed by atoms with Crippen LogP contribution < -0.4 is 5.43 Å². The highest BCUT2D eigenvalue weighted by Gasteiger charge is 2.21. The maximum absolute atomic E-state index is 11.8. The Labute approximate surface area is 106 Å². The van der Waals surface area contributed by atoms with Crippen LogP contribution in [0.1, 0.15) is 41.5 Å². The molecule has 0 heterocycles. The van der Waals surface area contributed by atoms with Gasteiger partial charge in [0.1, 0.15) is 6.29 Å². The average Bonchev–Trinajstić information content (AvgIpc) is 2.27. The minimum Gasteiger partial charge on any atom is -0.298 e. The molecule has 0 aliphatic rings. The van der Waals surface area contributed by atoms with Gasteiger partial charge in [-0.3, -0.25) is 15.0 Å². The lowest BCUT2D eigenvalue weighted by Gasteiger charge is -2.28. The van der Waals surface area contributed by atoms with Crippen LogP contribution in [0.3, 0.4) is 0 Å². The van der Waals surface area contributed by atoms with Gasteiger partial charge in [-0.25, -0.2) is 0 Å². The van der Waals surface area contributed by atoms with Crippen LogP contribution in [0, 0.1) is 0 Å². The second-order valence-electron chi connectivity index (χ2n) is 4.63. The average molecular weight is 255 g/mol. The first-order chi connectivity index (χ1) is 7.84. The zero-order valence-corrected chi connectivity index (χ0v) is 10.8. The number of carbonyl (C=O) groups is 2. The van der Waals surface area contributed by atoms with Crippen LogP contribution in [0.2, 0.25) is 0 Å². The Hall–Kier alpha value is -1.39. The molecule has 17 heavy (non-hydrogen) atoms. The lowest BCUT2D eigenvalue weighted by molar-refractivity contribution is 0.0805. The summed E-state index contributed by atoms with van der Waals surface area (Å²) in [7, 11) is 0. The number of carbonyl (C=O) groups excluding carboxylic acids is 2. The van der Waals surface area contributed by atoms with Gasteiger partial charge in [0.15, 0.2) is 0 Å². The van der Waals surface area contributed by atoms with Crippen molar-refractivity contribution in [2.24, 2.45) is 0 Å². The van der Waals surface area contributed by atoms with E-state index in [0.717, 1.165) is 6.29 Å². The molecule has 0 aliphatic heterocycles. The summed E-state index contributed by atoms with van der Waals surface area (Å²) in [5, 5.41) is 0. The van der Waals surface area contributed by atoms with Crippen molar-refractivity contribution in [1.82, 2.24) is 9.95 Å². The molecule has 1 aromatic carbocycles. The Morgan fingerprint density at radius 3 is 2.24 bits per heavy atom. The number of rotatable bonds is 3. The monoisotopic (exact) mass is 254 g/mol. The first-order valence-electron chi connectivity index (χ1n) is 5.17. The topological polar surface area (TPSA) is 49.4 Å². The van der Waals surface area contributed by atoms with E-state index in [1.807, 2.05) is 20.8 Å². The third kappa shape index (κ3) is 3.84. The van der Waals surface area contributed by atoms with Crippen LogP contribution in [0.4, 0.5) is 0 Å². The van der Waals surface area contributed by atoms with E-state index >= 15 is 0 Å². The molecule has 0 aliphatic carbocycles. The van der Waals surface area contributed by atoms with Gasteiger partial charge < -0.3 is 0 Å². The summed E-state index contributed by atoms with van der Waals surface area (Å²) in [5.41, 5.74) is 3.15. The molecule has 0 spiro atoms. The van der Waals surface area contributed by atoms with Crippen molar-refractivity contribution >= 4 is 24.0 Å². The van der Waals surface area contributed by atoms with Gasteiger partial charge in [0, 0.05) is 28.4 Å². The molecule has 0 bridgehead atoms. The summed E-state index contributed by atoms with van der Waals surface area (Å²) in [4.78, 5) is 22.2. The fraction of sp³-hybridized carbons (Fsp3) is 0.333. The van der Waals surface area contributed by atoms with E-state index in [1.165, 1.54) is 4.53 Å². The fourth-order valence-corrected chi connectivity index (χ4v) is 1.11. The highest BCUT2D eigenvalue weighted by molar-refractivity contribution is 6.14. The lowest BCUT2D eigenvalue weighted by atomic mass is 10.1. The Morgan fingerprint density at radius 1 is 1.29 bits per heavy atom. The summed E-state index contributed by atoms with van der Waals surface area (Å²) >= 11 is 5.91. The number of halogens is 1. The molecule has 0 atom stereocenters. The maximum atomic E-state index is 11.8. The number of nitrogens with zero attached hydrogens (tertiary/aromatic N) is 1. The number of aldehydes is 1. The number of nitrogens with one attached hydrogen (secondary N) is 1. The van der Waals surface area contributed by atoms with Crippen LogP contribution >= 0.6 is 11.8 Å². The van der Waals surface area contributed by atoms with Gasteiger partial charge in [0.05, 0.1) is 0 Å². The summed E-state index contributed by atoms with van der Waals surface area (Å²) in [5.74, 6) is -0.313. The molecule has 0 saturated heterocycles. The van der Waals surface area contributed by atoms with E-state index < -0.39 is 0 Å². The molecule has 5 heteroatoms. The van der Waals surface area contributed by atoms with E-state index in [1.54, 1.807) is 24.3 Å². The van der Waals surface area contributed by atoms with Gasteiger partial charge in [-0.2, -0.15) is 0 Å². The molecule has 1 aromatic rings. The third-order valence-corrected chi connectivity index (χ3v) is 2.69. The summed E-state index contributed by atoms with van der Waals surface area (Å²) in [6.07, 6.45) is 0.727. The molecule has 92 valence electrons. The van der Waals surface area contributed by atoms with Gasteiger partial charge in [0.25, 0.3) is 5.91 Å². The van der Waals surface area contributed by atoms with Gasteiger partial charge in [-0.1, -0.05) is 12.1 Å². The van der Waals surface area contributed by atoms with Crippen molar-refractivity contribution in [1.29, 1.82) is 0 Å². The first-order valence-corrected chi connectivity index (χ1v) is 5.50. The summed E-state index contributed by atoms with van der Waals surface area (Å²) in [6, 6.07) is 6.31. The van der Waals surface area contributed by atoms with Crippen LogP contribution in [-0.4, -0.2) is 22.3 Å². The van der Waals surface area contributed by atoms with Gasteiger partial charge in [-0.15, -0.1) is 4.53 Å². The maximum Gasteiger partial charge on any atom is 0.266 e. The second-order valence-corrected chi connectivity index (χ2v) is 4.97. The molecule has 0 fully saturated rings. The van der Waals surface area contributed by atoms with Crippen LogP contribution in [0.25, 0.3) is 0 Å². The van der Waals surface area contributed by atoms with Gasteiger partial charge >= 0.3 is 0 Å². The smallest absolute Gasteiger partial charge is 0.266 e. The highest BCUT2D eigenvalue weighted by atomic mass is 35.5. The molecular weight excluding hydrogens is 240 g/mol. The van der Waals surface area contributed by atoms with Crippen molar-refractivity contribution in [3.63, 3.8) is 0 Å². The minimum atomic E-state index is -0.375. The van der Waals surface area contributed by atoms with Gasteiger partial charge in [0.2, 0.25) is 0 Å². The number of benzene rings is 1. The SMILES string of the molecule is CC(C)(C)N(Cl)NC(=O)c1ccc(C=O)cc1. The van der Waals surface area contributed by atoms with E-state index in [0.29, 0.717) is 11.1 Å². The first kappa shape index (κ1) is 13.7. The Kier molecular flexibility index (Phi) is 4.26. The van der Waals surface area contributed by atoms with Crippen LogP contribution in [-0.2, 0) is 0 Å². The van der Waals surface area contributed by atoms with E-state index in [2.05, 4.69) is 5.43 Å². The Balaban J connectivity index is 2.73. The number of hydrazine groups is 1. The van der Waals surface area contributed by atoms with Crippen molar-refractivity contribution in [3.8, 4) is 0 Å². The number of hydrogen-bond acceptors (Lipinski definition) is 3. The summed E-state index contributed by atoms with van der Waals surface area (Å²) in [6.45, 7) is 5.61. The van der Waals surface area contributed by atoms with Crippen molar-refractivity contribution in [2.75, 3.05) is 0 Å². The molecular formula is C12H15ClN2O2. The largest absolute Gasteiger partial charge is 0.298 e. The molecule has 0 saturated carbocycles. The fourth-order valence-electron chi connectivity index (χ4n) is 1.03. The highest BCUT2D eigenvalue weighted by Crippen LogP contribution is 2.13. The summed E-state index contributed by atoms with van der Waals surface area (Å²) < 4.78 is 1.23. The minimum absolute atomic E-state index is 0.313. The molecule has 1 amide bonds. The normalized spacial score (nSPS) is 11.4. The second kappa shape index (κ2) is 5.29. The zero-order valence-electron chi connectivity index (χ0n) is 10.0. The predicted octanol–water partition coefficient (Wildman–Crippen LogP) is 2.40. The standard InChI is InChI=1S/C12H15ClN2O2/c1-12(2,3)15(13)14-11(17)10-6-4-9(8-16)5-7-10/h4-8H,1-3H3,(H,14,17). The molecule has 0 aromatic heterocycles. The van der Waals surface area contributed by atoms with E-state index in [4.69, 9.17) is 11.8 Å². The lowest BCUT2D eigenvalue weighted by Crippen LogP contribution is -2.46. The van der Waals surface area contributed by atoms with E-state index in [-0.39, 0.29) is 11.4 Å². The molecule has 1 N–H and O–H groups in total. The molecule has 0 unspecified atom stereocenters. The van der Waals surface area contributed by atoms with Gasteiger partial charge in [-0.05, 0) is 32.9 Å². The third-order valence-electron chi connectivity index (χ3n) is 2.10. The van der Waals surface area contributed by atoms with Crippen molar-refractivity contribution < 1.29 is 9.59 Å². The Morgan fingerprint density at radius 2 is 1.82 bits per heavy atom. The molecule has 1 rings (SSSR count). The zero-order chi connectivity index (χ0) is 13.1. The van der Waals surface area contributed by atoms with Crippen LogP contribution in [0.5, 0.6) is 0 Å². The number of amides is 1.